The van der Waals surface area contributed by atoms with Crippen molar-refractivity contribution in [2.24, 2.45) is 5.41 Å². The monoisotopic (exact) mass is 297 g/mol. The number of hydrogen-bond acceptors (Lipinski definition) is 2. The smallest absolute Gasteiger partial charge is 0.309 e. The van der Waals surface area contributed by atoms with Crippen LogP contribution in [0.4, 0.5) is 0 Å². The summed E-state index contributed by atoms with van der Waals surface area (Å²) >= 11 is 0. The lowest BCUT2D eigenvalue weighted by Crippen LogP contribution is -2.44. The molecule has 1 aliphatic rings. The number of carbonyl (C=O) groups is 1. The topological polar surface area (TPSA) is 40.5 Å². The van der Waals surface area contributed by atoms with E-state index in [4.69, 9.17) is 0 Å². The molecule has 3 nitrogen and oxygen atoms in total. The van der Waals surface area contributed by atoms with Crippen molar-refractivity contribution >= 4 is 5.97 Å². The van der Waals surface area contributed by atoms with Crippen molar-refractivity contribution < 1.29 is 9.90 Å². The van der Waals surface area contributed by atoms with E-state index in [2.05, 4.69) is 11.8 Å². The zero-order chi connectivity index (χ0) is 15.6. The van der Waals surface area contributed by atoms with Crippen LogP contribution >= 0.6 is 0 Å². The van der Waals surface area contributed by atoms with Crippen molar-refractivity contribution in [2.75, 3.05) is 19.6 Å². The lowest BCUT2D eigenvalue weighted by atomic mass is 9.76. The molecule has 0 aliphatic carbocycles. The van der Waals surface area contributed by atoms with Gasteiger partial charge in [0, 0.05) is 0 Å². The van der Waals surface area contributed by atoms with Crippen molar-refractivity contribution in [3.05, 3.63) is 0 Å². The van der Waals surface area contributed by atoms with Gasteiger partial charge in [-0.3, -0.25) is 4.79 Å². The highest BCUT2D eigenvalue weighted by Gasteiger charge is 2.39. The minimum Gasteiger partial charge on any atom is -0.481 e. The maximum absolute atomic E-state index is 11.4. The summed E-state index contributed by atoms with van der Waals surface area (Å²) in [6.07, 6.45) is 13.3. The summed E-state index contributed by atoms with van der Waals surface area (Å²) in [5, 5.41) is 9.39. The first-order chi connectivity index (χ1) is 10.1. The molecule has 1 aliphatic heterocycles. The summed E-state index contributed by atoms with van der Waals surface area (Å²) in [5.41, 5.74) is -0.435. The van der Waals surface area contributed by atoms with Gasteiger partial charge in [0.25, 0.3) is 0 Å². The second-order valence-electron chi connectivity index (χ2n) is 6.76. The molecule has 0 aromatic heterocycles. The van der Waals surface area contributed by atoms with Gasteiger partial charge >= 0.3 is 5.97 Å². The van der Waals surface area contributed by atoms with Gasteiger partial charge in [-0.1, -0.05) is 58.8 Å². The summed E-state index contributed by atoms with van der Waals surface area (Å²) in [4.78, 5) is 13.9. The molecule has 124 valence electrons. The fraction of sp³-hybridized carbons (Fsp3) is 0.944. The molecule has 3 heteroatoms. The number of nitrogens with zero attached hydrogens (tertiary/aromatic N) is 1. The number of unbranched alkanes of at least 4 members (excludes halogenated alkanes) is 7. The van der Waals surface area contributed by atoms with Gasteiger partial charge in [-0.15, -0.1) is 0 Å². The molecule has 1 fully saturated rings. The van der Waals surface area contributed by atoms with Crippen LogP contribution in [0, 0.1) is 5.41 Å². The third-order valence-electron chi connectivity index (χ3n) is 5.27. The zero-order valence-electron chi connectivity index (χ0n) is 14.2. The average Bonchev–Trinajstić information content (AvgIpc) is 2.50. The molecule has 0 unspecified atom stereocenters. The van der Waals surface area contributed by atoms with Gasteiger partial charge in [-0.05, 0) is 45.3 Å². The molecule has 1 rings (SSSR count). The molecule has 0 aromatic rings. The predicted molar refractivity (Wildman–Crippen MR) is 88.6 cm³/mol. The first-order valence-corrected chi connectivity index (χ1v) is 9.10. The number of carboxylic acid groups (broad SMARTS) is 1. The van der Waals surface area contributed by atoms with Crippen LogP contribution in [0.15, 0.2) is 0 Å². The normalized spacial score (nSPS) is 18.8. The Bertz CT molecular complexity index is 283. The number of aliphatic carboxylic acids is 1. The van der Waals surface area contributed by atoms with Gasteiger partial charge in [0.15, 0.2) is 0 Å². The van der Waals surface area contributed by atoms with E-state index in [0.717, 1.165) is 38.9 Å². The maximum Gasteiger partial charge on any atom is 0.309 e. The fourth-order valence-electron chi connectivity index (χ4n) is 3.39. The van der Waals surface area contributed by atoms with Crippen LogP contribution in [-0.2, 0) is 4.79 Å². The number of rotatable bonds is 11. The Kier molecular flexibility index (Phi) is 8.98. The summed E-state index contributed by atoms with van der Waals surface area (Å²) in [7, 11) is 0. The van der Waals surface area contributed by atoms with Gasteiger partial charge in [0.05, 0.1) is 5.41 Å². The van der Waals surface area contributed by atoms with Crippen LogP contribution in [0.1, 0.15) is 84.5 Å². The SMILES string of the molecule is CCCCCCCCCCN1CCC(CC)(C(=O)O)CC1. The lowest BCUT2D eigenvalue weighted by molar-refractivity contribution is -0.152. The Hall–Kier alpha value is -0.570. The molecule has 21 heavy (non-hydrogen) atoms. The molecule has 1 N–H and O–H groups in total. The summed E-state index contributed by atoms with van der Waals surface area (Å²) in [5.74, 6) is -0.586. The van der Waals surface area contributed by atoms with E-state index in [1.807, 2.05) is 6.92 Å². The van der Waals surface area contributed by atoms with Gasteiger partial charge in [0.1, 0.15) is 0 Å². The average molecular weight is 297 g/mol. The summed E-state index contributed by atoms with van der Waals surface area (Å²) < 4.78 is 0. The highest BCUT2D eigenvalue weighted by molar-refractivity contribution is 5.74. The van der Waals surface area contributed by atoms with E-state index in [1.165, 1.54) is 51.4 Å². The standard InChI is InChI=1S/C18H35NO2/c1-3-5-6-7-8-9-10-11-14-19-15-12-18(4-2,13-16-19)17(20)21/h3-16H2,1-2H3,(H,20,21). The third-order valence-corrected chi connectivity index (χ3v) is 5.27. The second kappa shape index (κ2) is 10.2. The highest BCUT2D eigenvalue weighted by Crippen LogP contribution is 2.35. The van der Waals surface area contributed by atoms with Gasteiger partial charge in [0.2, 0.25) is 0 Å². The largest absolute Gasteiger partial charge is 0.481 e. The fourth-order valence-corrected chi connectivity index (χ4v) is 3.39. The van der Waals surface area contributed by atoms with Gasteiger partial charge < -0.3 is 10.0 Å². The van der Waals surface area contributed by atoms with Gasteiger partial charge in [-0.25, -0.2) is 0 Å². The molecular weight excluding hydrogens is 262 g/mol. The first-order valence-electron chi connectivity index (χ1n) is 9.10. The lowest BCUT2D eigenvalue weighted by Gasteiger charge is -2.38. The van der Waals surface area contributed by atoms with Crippen LogP contribution in [-0.4, -0.2) is 35.6 Å². The first kappa shape index (κ1) is 18.5. The van der Waals surface area contributed by atoms with E-state index in [0.29, 0.717) is 0 Å². The summed E-state index contributed by atoms with van der Waals surface area (Å²) in [6.45, 7) is 7.38. The maximum atomic E-state index is 11.4. The third kappa shape index (κ3) is 6.37. The van der Waals surface area contributed by atoms with Crippen LogP contribution in [0.3, 0.4) is 0 Å². The molecular formula is C18H35NO2. The number of carboxylic acids is 1. The quantitative estimate of drug-likeness (QED) is 0.562. The predicted octanol–water partition coefficient (Wildman–Crippen LogP) is 4.70. The Labute approximate surface area is 131 Å². The van der Waals surface area contributed by atoms with Crippen molar-refractivity contribution in [1.29, 1.82) is 0 Å². The molecule has 0 radical (unpaired) electrons. The molecule has 1 heterocycles. The molecule has 0 amide bonds. The van der Waals surface area contributed by atoms with E-state index in [-0.39, 0.29) is 0 Å². The molecule has 1 saturated heterocycles. The van der Waals surface area contributed by atoms with E-state index in [9.17, 15) is 9.90 Å². The van der Waals surface area contributed by atoms with Crippen molar-refractivity contribution in [1.82, 2.24) is 4.90 Å². The molecule has 0 bridgehead atoms. The van der Waals surface area contributed by atoms with Crippen molar-refractivity contribution in [3.63, 3.8) is 0 Å². The van der Waals surface area contributed by atoms with Gasteiger partial charge in [-0.2, -0.15) is 0 Å². The molecule has 0 aromatic carbocycles. The highest BCUT2D eigenvalue weighted by atomic mass is 16.4. The van der Waals surface area contributed by atoms with Crippen LogP contribution in [0.2, 0.25) is 0 Å². The van der Waals surface area contributed by atoms with Crippen molar-refractivity contribution in [2.45, 2.75) is 84.5 Å². The van der Waals surface area contributed by atoms with E-state index >= 15 is 0 Å². The number of piperidine rings is 1. The van der Waals surface area contributed by atoms with Crippen LogP contribution < -0.4 is 0 Å². The number of hydrogen-bond donors (Lipinski definition) is 1. The Morgan fingerprint density at radius 1 is 0.952 bits per heavy atom. The molecule has 0 spiro atoms. The van der Waals surface area contributed by atoms with E-state index < -0.39 is 11.4 Å². The van der Waals surface area contributed by atoms with E-state index in [1.54, 1.807) is 0 Å². The minimum absolute atomic E-state index is 0.435. The molecule has 0 atom stereocenters. The Morgan fingerprint density at radius 2 is 1.48 bits per heavy atom. The Balaban J connectivity index is 2.04. The van der Waals surface area contributed by atoms with Crippen LogP contribution in [0.25, 0.3) is 0 Å². The summed E-state index contributed by atoms with van der Waals surface area (Å²) in [6, 6.07) is 0. The number of likely N-dealkylation sites (tertiary alicyclic amines) is 1. The Morgan fingerprint density at radius 3 is 1.95 bits per heavy atom. The molecule has 0 saturated carbocycles. The second-order valence-corrected chi connectivity index (χ2v) is 6.76. The zero-order valence-corrected chi connectivity index (χ0v) is 14.2. The minimum atomic E-state index is -0.586. The van der Waals surface area contributed by atoms with Crippen molar-refractivity contribution in [3.8, 4) is 0 Å². The van der Waals surface area contributed by atoms with Crippen LogP contribution in [0.5, 0.6) is 0 Å².